The fourth-order valence-corrected chi connectivity index (χ4v) is 1.99. The zero-order valence-electron chi connectivity index (χ0n) is 8.79. The average Bonchev–Trinajstić information content (AvgIpc) is 2.26. The molecule has 1 aromatic rings. The Labute approximate surface area is 91.0 Å². The number of halogens is 1. The number of rotatable bonds is 5. The molecule has 0 aliphatic rings. The van der Waals surface area contributed by atoms with Gasteiger partial charge in [-0.3, -0.25) is 0 Å². The largest absolute Gasteiger partial charge is 0.496 e. The van der Waals surface area contributed by atoms with Crippen molar-refractivity contribution >= 4 is 11.6 Å². The van der Waals surface area contributed by atoms with Gasteiger partial charge in [-0.15, -0.1) is 11.6 Å². The molecule has 0 heterocycles. The van der Waals surface area contributed by atoms with Gasteiger partial charge in [-0.05, 0) is 18.1 Å². The van der Waals surface area contributed by atoms with Crippen molar-refractivity contribution < 1.29 is 4.74 Å². The lowest BCUT2D eigenvalue weighted by atomic mass is 9.95. The molecule has 1 atom stereocenters. The Balaban J connectivity index is 2.90. The van der Waals surface area contributed by atoms with Crippen LogP contribution in [0, 0.1) is 0 Å². The third kappa shape index (κ3) is 2.65. The van der Waals surface area contributed by atoms with Crippen LogP contribution in [-0.4, -0.2) is 13.0 Å². The Hall–Kier alpha value is -0.690. The van der Waals surface area contributed by atoms with Gasteiger partial charge >= 0.3 is 0 Å². The molecule has 78 valence electrons. The van der Waals surface area contributed by atoms with Gasteiger partial charge in [0.15, 0.2) is 0 Å². The predicted octanol–water partition coefficient (Wildman–Crippen LogP) is 3.82. The van der Waals surface area contributed by atoms with Crippen LogP contribution in [0.1, 0.15) is 31.2 Å². The van der Waals surface area contributed by atoms with Crippen molar-refractivity contribution in [3.05, 3.63) is 29.8 Å². The zero-order valence-corrected chi connectivity index (χ0v) is 9.55. The van der Waals surface area contributed by atoms with Crippen LogP contribution >= 0.6 is 11.6 Å². The van der Waals surface area contributed by atoms with Crippen LogP contribution in [0.25, 0.3) is 0 Å². The number of ether oxygens (including phenoxy) is 1. The Kier molecular flexibility index (Phi) is 4.81. The van der Waals surface area contributed by atoms with Gasteiger partial charge in [0, 0.05) is 11.8 Å². The molecule has 0 bridgehead atoms. The second-order valence-electron chi connectivity index (χ2n) is 3.38. The van der Waals surface area contributed by atoms with Crippen molar-refractivity contribution in [1.29, 1.82) is 0 Å². The standard InChI is InChI=1S/C12H17ClO/c1-3-6-10(9-13)11-7-4-5-8-12(11)14-2/h4-5,7-8,10H,3,6,9H2,1-2H3. The Morgan fingerprint density at radius 2 is 2.07 bits per heavy atom. The van der Waals surface area contributed by atoms with E-state index in [0.717, 1.165) is 18.6 Å². The van der Waals surface area contributed by atoms with Crippen molar-refractivity contribution in [3.63, 3.8) is 0 Å². The fraction of sp³-hybridized carbons (Fsp3) is 0.500. The highest BCUT2D eigenvalue weighted by atomic mass is 35.5. The first-order valence-corrected chi connectivity index (χ1v) is 5.55. The van der Waals surface area contributed by atoms with E-state index in [0.29, 0.717) is 11.8 Å². The first kappa shape index (κ1) is 11.4. The van der Waals surface area contributed by atoms with Crippen LogP contribution < -0.4 is 4.74 Å². The molecule has 0 saturated carbocycles. The molecule has 0 radical (unpaired) electrons. The molecule has 0 aromatic heterocycles. The highest BCUT2D eigenvalue weighted by Crippen LogP contribution is 2.30. The molecular weight excluding hydrogens is 196 g/mol. The van der Waals surface area contributed by atoms with Crippen LogP contribution in [0.3, 0.4) is 0 Å². The Bertz CT molecular complexity index is 273. The van der Waals surface area contributed by atoms with Crippen molar-refractivity contribution in [2.24, 2.45) is 0 Å². The van der Waals surface area contributed by atoms with Crippen LogP contribution in [0.15, 0.2) is 24.3 Å². The van der Waals surface area contributed by atoms with E-state index < -0.39 is 0 Å². The molecule has 0 aliphatic carbocycles. The van der Waals surface area contributed by atoms with E-state index in [1.54, 1.807) is 7.11 Å². The fourth-order valence-electron chi connectivity index (χ4n) is 1.67. The Morgan fingerprint density at radius 1 is 1.36 bits per heavy atom. The first-order valence-electron chi connectivity index (χ1n) is 5.02. The van der Waals surface area contributed by atoms with Gasteiger partial charge in [-0.1, -0.05) is 31.5 Å². The quantitative estimate of drug-likeness (QED) is 0.675. The van der Waals surface area contributed by atoms with E-state index in [2.05, 4.69) is 13.0 Å². The van der Waals surface area contributed by atoms with Crippen molar-refractivity contribution in [2.45, 2.75) is 25.7 Å². The molecule has 0 spiro atoms. The summed E-state index contributed by atoms with van der Waals surface area (Å²) in [4.78, 5) is 0. The molecule has 1 unspecified atom stereocenters. The van der Waals surface area contributed by atoms with Gasteiger partial charge in [0.25, 0.3) is 0 Å². The lowest BCUT2D eigenvalue weighted by Gasteiger charge is -2.16. The van der Waals surface area contributed by atoms with Gasteiger partial charge in [0.05, 0.1) is 7.11 Å². The van der Waals surface area contributed by atoms with Gasteiger partial charge in [-0.2, -0.15) is 0 Å². The number of methoxy groups -OCH3 is 1. The van der Waals surface area contributed by atoms with E-state index in [-0.39, 0.29) is 0 Å². The van der Waals surface area contributed by atoms with Crippen LogP contribution in [0.2, 0.25) is 0 Å². The highest BCUT2D eigenvalue weighted by Gasteiger charge is 2.13. The lowest BCUT2D eigenvalue weighted by Crippen LogP contribution is -2.02. The highest BCUT2D eigenvalue weighted by molar-refractivity contribution is 6.18. The summed E-state index contributed by atoms with van der Waals surface area (Å²) in [6, 6.07) is 8.11. The number of hydrogen-bond acceptors (Lipinski definition) is 1. The van der Waals surface area contributed by atoms with Gasteiger partial charge in [-0.25, -0.2) is 0 Å². The SMILES string of the molecule is CCCC(CCl)c1ccccc1OC. The minimum Gasteiger partial charge on any atom is -0.496 e. The van der Waals surface area contributed by atoms with Gasteiger partial charge in [0.2, 0.25) is 0 Å². The molecule has 0 amide bonds. The summed E-state index contributed by atoms with van der Waals surface area (Å²) in [5, 5.41) is 0. The van der Waals surface area contributed by atoms with Crippen LogP contribution in [0.5, 0.6) is 5.75 Å². The van der Waals surface area contributed by atoms with Gasteiger partial charge < -0.3 is 4.74 Å². The first-order chi connectivity index (χ1) is 6.83. The maximum Gasteiger partial charge on any atom is 0.122 e. The lowest BCUT2D eigenvalue weighted by molar-refractivity contribution is 0.405. The normalized spacial score (nSPS) is 12.5. The van der Waals surface area contributed by atoms with Crippen LogP contribution in [0.4, 0.5) is 0 Å². The second-order valence-corrected chi connectivity index (χ2v) is 3.69. The molecule has 1 aromatic carbocycles. The number of hydrogen-bond donors (Lipinski definition) is 0. The molecule has 0 N–H and O–H groups in total. The molecule has 0 fully saturated rings. The zero-order chi connectivity index (χ0) is 10.4. The summed E-state index contributed by atoms with van der Waals surface area (Å²) in [7, 11) is 1.70. The predicted molar refractivity (Wildman–Crippen MR) is 61.4 cm³/mol. The Morgan fingerprint density at radius 3 is 2.64 bits per heavy atom. The molecular formula is C12H17ClO. The molecule has 0 aliphatic heterocycles. The van der Waals surface area contributed by atoms with Crippen molar-refractivity contribution in [1.82, 2.24) is 0 Å². The minimum atomic E-state index is 0.415. The molecule has 0 saturated heterocycles. The summed E-state index contributed by atoms with van der Waals surface area (Å²) in [5.74, 6) is 2.03. The smallest absolute Gasteiger partial charge is 0.122 e. The van der Waals surface area contributed by atoms with E-state index >= 15 is 0 Å². The van der Waals surface area contributed by atoms with Gasteiger partial charge in [0.1, 0.15) is 5.75 Å². The summed E-state index contributed by atoms with van der Waals surface area (Å²) in [5.41, 5.74) is 1.23. The monoisotopic (exact) mass is 212 g/mol. The maximum absolute atomic E-state index is 5.95. The average molecular weight is 213 g/mol. The summed E-state index contributed by atoms with van der Waals surface area (Å²) in [6.45, 7) is 2.18. The summed E-state index contributed by atoms with van der Waals surface area (Å²) >= 11 is 5.95. The van der Waals surface area contributed by atoms with E-state index in [4.69, 9.17) is 16.3 Å². The van der Waals surface area contributed by atoms with E-state index in [9.17, 15) is 0 Å². The van der Waals surface area contributed by atoms with Crippen molar-refractivity contribution in [2.75, 3.05) is 13.0 Å². The van der Waals surface area contributed by atoms with Crippen LogP contribution in [-0.2, 0) is 0 Å². The minimum absolute atomic E-state index is 0.415. The third-order valence-corrected chi connectivity index (χ3v) is 2.77. The molecule has 2 heteroatoms. The molecule has 1 nitrogen and oxygen atoms in total. The number of benzene rings is 1. The summed E-state index contributed by atoms with van der Waals surface area (Å²) in [6.07, 6.45) is 2.26. The van der Waals surface area contributed by atoms with E-state index in [1.165, 1.54) is 5.56 Å². The molecule has 14 heavy (non-hydrogen) atoms. The topological polar surface area (TPSA) is 9.23 Å². The number of para-hydroxylation sites is 1. The van der Waals surface area contributed by atoms with Crippen molar-refractivity contribution in [3.8, 4) is 5.75 Å². The maximum atomic E-state index is 5.95. The third-order valence-electron chi connectivity index (χ3n) is 2.40. The summed E-state index contributed by atoms with van der Waals surface area (Å²) < 4.78 is 5.32. The second kappa shape index (κ2) is 5.92. The molecule has 1 rings (SSSR count). The number of alkyl halides is 1. The van der Waals surface area contributed by atoms with E-state index in [1.807, 2.05) is 18.2 Å².